The van der Waals surface area contributed by atoms with Crippen molar-refractivity contribution in [3.8, 4) is 11.8 Å². The number of likely N-dealkylation sites (tertiary alicyclic amines) is 1. The number of likely N-dealkylation sites (N-methyl/N-ethyl adjacent to an activating group) is 1. The summed E-state index contributed by atoms with van der Waals surface area (Å²) < 4.78 is 55.2. The Hall–Kier alpha value is -7.49. The summed E-state index contributed by atoms with van der Waals surface area (Å²) in [5.74, 6) is 0.902. The number of fused-ring (bicyclic) bond motifs is 3. The first-order valence-corrected chi connectivity index (χ1v) is 30.4. The first-order valence-electron chi connectivity index (χ1n) is 28.0. The van der Waals surface area contributed by atoms with Crippen LogP contribution in [0.2, 0.25) is 0 Å². The lowest BCUT2D eigenvalue weighted by atomic mass is 9.91. The van der Waals surface area contributed by atoms with Crippen LogP contribution >= 0.6 is 18.9 Å². The highest BCUT2D eigenvalue weighted by atomic mass is 32.1. The number of halogens is 3. The lowest BCUT2D eigenvalue weighted by Crippen LogP contribution is -2.62. The van der Waals surface area contributed by atoms with Crippen LogP contribution in [-0.4, -0.2) is 152 Å². The highest BCUT2D eigenvalue weighted by Gasteiger charge is 2.51. The quantitative estimate of drug-likeness (QED) is 0.0425. The van der Waals surface area contributed by atoms with E-state index in [0.29, 0.717) is 86.1 Å². The molecule has 84 heavy (non-hydrogen) atoms. The number of benzene rings is 3. The number of carbonyl (C=O) groups is 9. The summed E-state index contributed by atoms with van der Waals surface area (Å²) in [6.07, 6.45) is 3.24. The molecular weight excluding hydrogens is 1130 g/mol. The summed E-state index contributed by atoms with van der Waals surface area (Å²) in [5, 5.41) is 10.7. The normalized spacial score (nSPS) is 21.3. The van der Waals surface area contributed by atoms with Crippen molar-refractivity contribution in [2.45, 2.75) is 132 Å². The van der Waals surface area contributed by atoms with Gasteiger partial charge < -0.3 is 51.1 Å². The van der Waals surface area contributed by atoms with Crippen LogP contribution in [0.3, 0.4) is 0 Å². The van der Waals surface area contributed by atoms with Gasteiger partial charge in [0.25, 0.3) is 11.8 Å². The van der Waals surface area contributed by atoms with E-state index >= 15 is 0 Å². The SMILES string of the molecule is CCN1CC[C@H]2CC[C@@H](C(=O)NC(CCC(N)=O)C(=O)NC(Cc3ccc(F)cc3)C(=O)N3CCC(CCC#Cc4cccc5c4CN(C4CCC(=O)NC4=O)C5=O)CC3)N2C(=O)[C@@H](NC(=O)c2cc3cc(C(F)(F)P(=O)(O)O)ccc3s2)C1. The lowest BCUT2D eigenvalue weighted by molar-refractivity contribution is -0.144. The summed E-state index contributed by atoms with van der Waals surface area (Å²) in [6, 6.07) is 8.77. The van der Waals surface area contributed by atoms with Crippen LogP contribution in [0, 0.1) is 23.6 Å². The molecule has 0 radical (unpaired) electrons. The van der Waals surface area contributed by atoms with Gasteiger partial charge >= 0.3 is 13.3 Å². The number of thiophene rings is 1. The Bertz CT molecular complexity index is 3380. The van der Waals surface area contributed by atoms with E-state index in [0.717, 1.165) is 29.0 Å². The van der Waals surface area contributed by atoms with Crippen LogP contribution in [0.25, 0.3) is 10.1 Å². The van der Waals surface area contributed by atoms with E-state index in [1.165, 1.54) is 46.2 Å². The molecule has 21 nitrogen and oxygen atoms in total. The van der Waals surface area contributed by atoms with Crippen molar-refractivity contribution >= 4 is 82.2 Å². The van der Waals surface area contributed by atoms with Gasteiger partial charge in [0.05, 0.1) is 4.88 Å². The number of nitrogens with zero attached hydrogens (tertiary/aromatic N) is 4. The maximum Gasteiger partial charge on any atom is 0.399 e. The number of rotatable bonds is 18. The fraction of sp³-hybridized carbons (Fsp3) is 0.466. The van der Waals surface area contributed by atoms with E-state index in [2.05, 4.69) is 33.1 Å². The Labute approximate surface area is 485 Å². The van der Waals surface area contributed by atoms with Crippen molar-refractivity contribution in [2.24, 2.45) is 11.7 Å². The Balaban J connectivity index is 0.847. The molecule has 26 heteroatoms. The van der Waals surface area contributed by atoms with Crippen LogP contribution in [0.15, 0.2) is 66.7 Å². The van der Waals surface area contributed by atoms with Crippen LogP contribution in [0.4, 0.5) is 13.2 Å². The lowest BCUT2D eigenvalue weighted by Gasteiger charge is -2.38. The molecule has 5 aliphatic rings. The monoisotopic (exact) mass is 1200 g/mol. The predicted octanol–water partition coefficient (Wildman–Crippen LogP) is 3.76. The second-order valence-electron chi connectivity index (χ2n) is 21.9. The Kier molecular flexibility index (Phi) is 18.7. The van der Waals surface area contributed by atoms with Gasteiger partial charge in [-0.15, -0.1) is 11.3 Å². The van der Waals surface area contributed by atoms with Gasteiger partial charge in [0.2, 0.25) is 41.4 Å². The minimum absolute atomic E-state index is 0.0198. The van der Waals surface area contributed by atoms with E-state index in [1.54, 1.807) is 17.0 Å². The molecule has 446 valence electrons. The largest absolute Gasteiger partial charge is 0.399 e. The third-order valence-electron chi connectivity index (χ3n) is 16.5. The van der Waals surface area contributed by atoms with E-state index < -0.39 is 102 Å². The van der Waals surface area contributed by atoms with Gasteiger partial charge in [-0.1, -0.05) is 43.0 Å². The summed E-state index contributed by atoms with van der Waals surface area (Å²) in [7, 11) is -5.88. The maximum absolute atomic E-state index is 14.7. The highest BCUT2D eigenvalue weighted by molar-refractivity contribution is 7.52. The van der Waals surface area contributed by atoms with Crippen molar-refractivity contribution < 1.29 is 70.7 Å². The van der Waals surface area contributed by atoms with Gasteiger partial charge in [0, 0.05) is 85.8 Å². The molecule has 1 aromatic heterocycles. The Morgan fingerprint density at radius 2 is 1.67 bits per heavy atom. The molecule has 8 N–H and O–H groups in total. The average molecular weight is 1200 g/mol. The molecule has 3 unspecified atom stereocenters. The molecule has 0 bridgehead atoms. The van der Waals surface area contributed by atoms with Crippen LogP contribution in [0.1, 0.15) is 120 Å². The first-order chi connectivity index (χ1) is 40.0. The molecule has 5 aliphatic heterocycles. The second kappa shape index (κ2) is 25.8. The van der Waals surface area contributed by atoms with Crippen molar-refractivity contribution in [3.05, 3.63) is 105 Å². The molecule has 0 spiro atoms. The van der Waals surface area contributed by atoms with Crippen LogP contribution < -0.4 is 27.0 Å². The smallest absolute Gasteiger partial charge is 0.370 e. The van der Waals surface area contributed by atoms with Crippen molar-refractivity contribution in [2.75, 3.05) is 32.7 Å². The van der Waals surface area contributed by atoms with E-state index in [4.69, 9.17) is 5.73 Å². The molecule has 0 aliphatic carbocycles. The topological polar surface area (TPSA) is 298 Å². The summed E-state index contributed by atoms with van der Waals surface area (Å²) in [4.78, 5) is 147. The molecule has 9 amide bonds. The zero-order valence-electron chi connectivity index (χ0n) is 46.0. The summed E-state index contributed by atoms with van der Waals surface area (Å²) in [5.41, 5.74) is 2.51. The van der Waals surface area contributed by atoms with Crippen LogP contribution in [-0.2, 0) is 56.8 Å². The van der Waals surface area contributed by atoms with Crippen molar-refractivity contribution in [3.63, 3.8) is 0 Å². The number of hydrogen-bond acceptors (Lipinski definition) is 12. The second-order valence-corrected chi connectivity index (χ2v) is 24.7. The Morgan fingerprint density at radius 3 is 2.37 bits per heavy atom. The molecule has 3 aromatic carbocycles. The molecule has 6 atom stereocenters. The number of alkyl halides is 2. The number of nitrogens with two attached hydrogens (primary N) is 1. The van der Waals surface area contributed by atoms with Crippen molar-refractivity contribution in [1.82, 2.24) is 40.9 Å². The van der Waals surface area contributed by atoms with E-state index in [-0.39, 0.29) is 79.6 Å². The first kappa shape index (κ1) is 61.1. The number of piperidine rings is 2. The van der Waals surface area contributed by atoms with Gasteiger partial charge in [-0.2, -0.15) is 8.78 Å². The zero-order chi connectivity index (χ0) is 60.2. The minimum atomic E-state index is -5.88. The molecule has 0 saturated carbocycles. The third kappa shape index (κ3) is 13.7. The molecule has 6 heterocycles. The van der Waals surface area contributed by atoms with E-state index in [9.17, 15) is 70.7 Å². The predicted molar refractivity (Wildman–Crippen MR) is 300 cm³/mol. The summed E-state index contributed by atoms with van der Waals surface area (Å²) >= 11 is 0.914. The van der Waals surface area contributed by atoms with Gasteiger partial charge in [0.15, 0.2) is 0 Å². The van der Waals surface area contributed by atoms with E-state index in [1.807, 2.05) is 17.9 Å². The fourth-order valence-electron chi connectivity index (χ4n) is 11.8. The van der Waals surface area contributed by atoms with Crippen molar-refractivity contribution in [1.29, 1.82) is 0 Å². The number of hydrogen-bond donors (Lipinski definition) is 7. The highest BCUT2D eigenvalue weighted by Crippen LogP contribution is 2.59. The molecule has 4 aromatic rings. The maximum atomic E-state index is 14.7. The average Bonchev–Trinajstić information content (AvgIpc) is 2.93. The standard InChI is InChI=1S/C58H65F3N9O12PS/c1-2-67-25-24-39-15-17-46(70(39)57(79)44(32-67)65-54(76)48-30-36-29-37(12-19-47(36)84-48)58(60,61)83(80,81)82)53(75)63-42(16-20-49(62)71)51(73)64-43(28-34-10-13-38(59)14-11-34)56(78)68-26-22-33(23-27-68)6-3-4-7-35-8-5-9-40-41(35)31-69(55(40)77)45-18-21-50(72)66-52(45)74/h5,8-14,19,29-30,33,39,42-46H,2-3,6,15-18,20-28,31-32H2,1H3,(H2,62,71)(H,63,75)(H,64,73)(H,65,76)(H,66,72,74)(H2,80,81,82)/t39-,42?,43?,44+,45?,46+/m1/s1. The molecule has 4 fully saturated rings. The Morgan fingerprint density at radius 1 is 0.917 bits per heavy atom. The number of amides is 9. The number of imide groups is 1. The third-order valence-corrected chi connectivity index (χ3v) is 18.6. The zero-order valence-corrected chi connectivity index (χ0v) is 47.7. The minimum Gasteiger partial charge on any atom is -0.370 e. The number of nitrogens with one attached hydrogen (secondary N) is 4. The van der Waals surface area contributed by atoms with Gasteiger partial charge in [0.1, 0.15) is 36.0 Å². The molecular formula is C58H65F3N9O12PS. The van der Waals surface area contributed by atoms with Gasteiger partial charge in [-0.25, -0.2) is 4.39 Å². The number of carbonyl (C=O) groups excluding carboxylic acids is 9. The molecule has 4 saturated heterocycles. The van der Waals surface area contributed by atoms with Gasteiger partial charge in [-0.3, -0.25) is 53.0 Å². The number of primary amides is 1. The van der Waals surface area contributed by atoms with Crippen LogP contribution in [0.5, 0.6) is 0 Å². The molecule has 9 rings (SSSR count). The summed E-state index contributed by atoms with van der Waals surface area (Å²) in [6.45, 7) is 3.81. The van der Waals surface area contributed by atoms with Gasteiger partial charge in [-0.05, 0) is 123 Å². The fourth-order valence-corrected chi connectivity index (χ4v) is 13.2.